The van der Waals surface area contributed by atoms with Crippen LogP contribution in [0.3, 0.4) is 0 Å². The summed E-state index contributed by atoms with van der Waals surface area (Å²) in [7, 11) is 0. The summed E-state index contributed by atoms with van der Waals surface area (Å²) in [5.41, 5.74) is 4.99. The van der Waals surface area contributed by atoms with Gasteiger partial charge in [0.2, 0.25) is 0 Å². The number of rotatable bonds is 4. The molecule has 1 aliphatic rings. The van der Waals surface area contributed by atoms with Gasteiger partial charge in [0.05, 0.1) is 6.04 Å². The topological polar surface area (TPSA) is 69.8 Å². The Bertz CT molecular complexity index is 660. The summed E-state index contributed by atoms with van der Waals surface area (Å²) in [4.78, 5) is 12.5. The number of aromatic amines is 1. The van der Waals surface area contributed by atoms with E-state index >= 15 is 0 Å². The van der Waals surface area contributed by atoms with Crippen LogP contribution in [-0.4, -0.2) is 22.6 Å². The minimum Gasteiger partial charge on any atom is -0.344 e. The number of fused-ring (bicyclic) bond motifs is 1. The van der Waals surface area contributed by atoms with Gasteiger partial charge in [-0.05, 0) is 24.5 Å². The second-order valence-electron chi connectivity index (χ2n) is 5.75. The standard InChI is InChI=1S/C17H22N4O/c1-3-12-4-6-13(7-5-12)11(2)19-17(22)16-14-10-18-9-8-15(14)20-21-16/h4-7,11,18H,3,8-10H2,1-2H3,(H,19,22)(H,20,21). The van der Waals surface area contributed by atoms with E-state index in [1.165, 1.54) is 5.56 Å². The van der Waals surface area contributed by atoms with E-state index in [9.17, 15) is 4.79 Å². The molecule has 5 heteroatoms. The van der Waals surface area contributed by atoms with Gasteiger partial charge in [0.25, 0.3) is 5.91 Å². The highest BCUT2D eigenvalue weighted by Crippen LogP contribution is 2.18. The Morgan fingerprint density at radius 3 is 2.86 bits per heavy atom. The number of aryl methyl sites for hydroxylation is 1. The monoisotopic (exact) mass is 298 g/mol. The van der Waals surface area contributed by atoms with Gasteiger partial charge in [0.1, 0.15) is 0 Å². The van der Waals surface area contributed by atoms with Crippen molar-refractivity contribution >= 4 is 5.91 Å². The van der Waals surface area contributed by atoms with Crippen LogP contribution in [0.2, 0.25) is 0 Å². The van der Waals surface area contributed by atoms with Crippen LogP contribution in [0.5, 0.6) is 0 Å². The van der Waals surface area contributed by atoms with Crippen LogP contribution < -0.4 is 10.6 Å². The molecule has 1 aromatic heterocycles. The van der Waals surface area contributed by atoms with Crippen LogP contribution in [0.15, 0.2) is 24.3 Å². The van der Waals surface area contributed by atoms with Crippen LogP contribution in [0.1, 0.15) is 52.8 Å². The van der Waals surface area contributed by atoms with Gasteiger partial charge in [-0.1, -0.05) is 31.2 Å². The van der Waals surface area contributed by atoms with Crippen molar-refractivity contribution in [1.29, 1.82) is 0 Å². The Hall–Kier alpha value is -2.14. The van der Waals surface area contributed by atoms with E-state index in [4.69, 9.17) is 0 Å². The molecule has 0 spiro atoms. The van der Waals surface area contributed by atoms with Crippen molar-refractivity contribution in [2.45, 2.75) is 39.3 Å². The molecule has 116 valence electrons. The van der Waals surface area contributed by atoms with E-state index < -0.39 is 0 Å². The van der Waals surface area contributed by atoms with Gasteiger partial charge in [0, 0.05) is 30.8 Å². The van der Waals surface area contributed by atoms with Gasteiger partial charge in [-0.15, -0.1) is 0 Å². The molecule has 1 aromatic carbocycles. The molecule has 0 bridgehead atoms. The summed E-state index contributed by atoms with van der Waals surface area (Å²) in [5, 5.41) is 13.5. The van der Waals surface area contributed by atoms with Crippen LogP contribution in [-0.2, 0) is 19.4 Å². The molecule has 22 heavy (non-hydrogen) atoms. The molecule has 3 N–H and O–H groups in total. The molecule has 0 saturated heterocycles. The molecule has 1 amide bonds. The average Bonchev–Trinajstić information content (AvgIpc) is 2.99. The highest BCUT2D eigenvalue weighted by molar-refractivity contribution is 5.94. The molecule has 0 saturated carbocycles. The fourth-order valence-corrected chi connectivity index (χ4v) is 2.80. The molecule has 5 nitrogen and oxygen atoms in total. The Labute approximate surface area is 130 Å². The Morgan fingerprint density at radius 1 is 1.36 bits per heavy atom. The van der Waals surface area contributed by atoms with Gasteiger partial charge in [-0.2, -0.15) is 5.10 Å². The number of hydrogen-bond donors (Lipinski definition) is 3. The van der Waals surface area contributed by atoms with E-state index in [0.717, 1.165) is 36.2 Å². The van der Waals surface area contributed by atoms with Gasteiger partial charge in [0.15, 0.2) is 5.69 Å². The number of carbonyl (C=O) groups is 1. The van der Waals surface area contributed by atoms with E-state index in [1.807, 2.05) is 6.92 Å². The number of nitrogens with one attached hydrogen (secondary N) is 3. The van der Waals surface area contributed by atoms with Crippen LogP contribution in [0.25, 0.3) is 0 Å². The summed E-state index contributed by atoms with van der Waals surface area (Å²) < 4.78 is 0. The summed E-state index contributed by atoms with van der Waals surface area (Å²) in [6, 6.07) is 8.33. The second kappa shape index (κ2) is 6.32. The molecule has 3 rings (SSSR count). The predicted molar refractivity (Wildman–Crippen MR) is 85.7 cm³/mol. The zero-order chi connectivity index (χ0) is 15.5. The maximum Gasteiger partial charge on any atom is 0.272 e. The highest BCUT2D eigenvalue weighted by Gasteiger charge is 2.22. The number of benzene rings is 1. The molecule has 1 aliphatic heterocycles. The number of H-pyrrole nitrogens is 1. The fraction of sp³-hybridized carbons (Fsp3) is 0.412. The maximum atomic E-state index is 12.5. The van der Waals surface area contributed by atoms with E-state index in [0.29, 0.717) is 12.2 Å². The van der Waals surface area contributed by atoms with Gasteiger partial charge in [-0.25, -0.2) is 0 Å². The lowest BCUT2D eigenvalue weighted by Gasteiger charge is -2.16. The van der Waals surface area contributed by atoms with E-state index in [2.05, 4.69) is 52.0 Å². The predicted octanol–water partition coefficient (Wildman–Crippen LogP) is 2.11. The maximum absolute atomic E-state index is 12.5. The molecule has 0 fully saturated rings. The first-order valence-electron chi connectivity index (χ1n) is 7.85. The minimum atomic E-state index is -0.117. The second-order valence-corrected chi connectivity index (χ2v) is 5.75. The Balaban J connectivity index is 1.71. The van der Waals surface area contributed by atoms with Crippen LogP contribution in [0.4, 0.5) is 0 Å². The summed E-state index contributed by atoms with van der Waals surface area (Å²) >= 11 is 0. The van der Waals surface area contributed by atoms with Crippen molar-refractivity contribution in [1.82, 2.24) is 20.8 Å². The largest absolute Gasteiger partial charge is 0.344 e. The molecule has 0 radical (unpaired) electrons. The smallest absolute Gasteiger partial charge is 0.272 e. The van der Waals surface area contributed by atoms with Gasteiger partial charge < -0.3 is 10.6 Å². The van der Waals surface area contributed by atoms with Crippen LogP contribution in [0, 0.1) is 0 Å². The fourth-order valence-electron chi connectivity index (χ4n) is 2.80. The van der Waals surface area contributed by atoms with Crippen molar-refractivity contribution in [3.8, 4) is 0 Å². The van der Waals surface area contributed by atoms with E-state index in [1.54, 1.807) is 0 Å². The van der Waals surface area contributed by atoms with Crippen molar-refractivity contribution in [2.75, 3.05) is 6.54 Å². The van der Waals surface area contributed by atoms with Crippen molar-refractivity contribution in [2.24, 2.45) is 0 Å². The van der Waals surface area contributed by atoms with Crippen molar-refractivity contribution in [3.63, 3.8) is 0 Å². The number of aromatic nitrogens is 2. The lowest BCUT2D eigenvalue weighted by Crippen LogP contribution is -2.30. The van der Waals surface area contributed by atoms with Gasteiger partial charge in [-0.3, -0.25) is 9.89 Å². The lowest BCUT2D eigenvalue weighted by atomic mass is 10.0. The SMILES string of the molecule is CCc1ccc(C(C)NC(=O)c2n[nH]c3c2CNCC3)cc1. The quantitative estimate of drug-likeness (QED) is 0.809. The molecular formula is C17H22N4O. The van der Waals surface area contributed by atoms with Crippen molar-refractivity contribution in [3.05, 3.63) is 52.3 Å². The summed E-state index contributed by atoms with van der Waals surface area (Å²) in [6.07, 6.45) is 1.91. The Morgan fingerprint density at radius 2 is 2.14 bits per heavy atom. The minimum absolute atomic E-state index is 0.0395. The van der Waals surface area contributed by atoms with Crippen molar-refractivity contribution < 1.29 is 4.79 Å². The third-order valence-electron chi connectivity index (χ3n) is 4.26. The molecule has 1 unspecified atom stereocenters. The van der Waals surface area contributed by atoms with Gasteiger partial charge >= 0.3 is 0 Å². The summed E-state index contributed by atoms with van der Waals surface area (Å²) in [5.74, 6) is -0.117. The number of amides is 1. The average molecular weight is 298 g/mol. The zero-order valence-corrected chi connectivity index (χ0v) is 13.1. The molecular weight excluding hydrogens is 276 g/mol. The third kappa shape index (κ3) is 2.90. The first kappa shape index (κ1) is 14.8. The van der Waals surface area contributed by atoms with Crippen LogP contribution >= 0.6 is 0 Å². The number of nitrogens with zero attached hydrogens (tertiary/aromatic N) is 1. The molecule has 2 heterocycles. The molecule has 0 aliphatic carbocycles. The molecule has 2 aromatic rings. The zero-order valence-electron chi connectivity index (χ0n) is 13.1. The number of carbonyl (C=O) groups excluding carboxylic acids is 1. The normalized spacial score (nSPS) is 15.2. The van der Waals surface area contributed by atoms with E-state index in [-0.39, 0.29) is 11.9 Å². The Kier molecular flexibility index (Phi) is 4.24. The first-order chi connectivity index (χ1) is 10.7. The summed E-state index contributed by atoms with van der Waals surface area (Å²) in [6.45, 7) is 5.76. The third-order valence-corrected chi connectivity index (χ3v) is 4.26. The first-order valence-corrected chi connectivity index (χ1v) is 7.85. The number of hydrogen-bond acceptors (Lipinski definition) is 3. The highest BCUT2D eigenvalue weighted by atomic mass is 16.2. The molecule has 1 atom stereocenters. The lowest BCUT2D eigenvalue weighted by molar-refractivity contribution is 0.0933.